The predicted molar refractivity (Wildman–Crippen MR) is 64.2 cm³/mol. The molecule has 1 amide bonds. The van der Waals surface area contributed by atoms with Gasteiger partial charge < -0.3 is 30.2 Å². The fraction of sp³-hybridized carbons (Fsp3) is 0.727. The molecule has 0 bridgehead atoms. The van der Waals surface area contributed by atoms with Gasteiger partial charge in [0.05, 0.1) is 13.2 Å². The molecule has 2 unspecified atom stereocenters. The van der Waals surface area contributed by atoms with Gasteiger partial charge >= 0.3 is 11.9 Å². The van der Waals surface area contributed by atoms with Crippen molar-refractivity contribution in [1.29, 1.82) is 0 Å². The number of hydrogen-bond donors (Lipinski definition) is 3. The van der Waals surface area contributed by atoms with Gasteiger partial charge in [0, 0.05) is 0 Å². The minimum absolute atomic E-state index is 0.155. The Morgan fingerprint density at radius 3 is 2.40 bits per heavy atom. The Kier molecular flexibility index (Phi) is 9.26. The van der Waals surface area contributed by atoms with Gasteiger partial charge in [-0.05, 0) is 6.42 Å². The largest absolute Gasteiger partial charge is 0.453 e. The minimum Gasteiger partial charge on any atom is -0.453 e. The maximum absolute atomic E-state index is 11.4. The average molecular weight is 293 g/mol. The van der Waals surface area contributed by atoms with Gasteiger partial charge in [-0.25, -0.2) is 9.59 Å². The molecule has 9 heteroatoms. The number of rotatable bonds is 10. The number of amides is 1. The molecule has 116 valence electrons. The maximum atomic E-state index is 11.4. The molecule has 0 fully saturated rings. The van der Waals surface area contributed by atoms with Crippen LogP contribution >= 0.6 is 0 Å². The number of carbonyl (C=O) groups is 3. The highest BCUT2D eigenvalue weighted by molar-refractivity contribution is 5.82. The Balaban J connectivity index is 4.05. The molecule has 0 radical (unpaired) electrons. The summed E-state index contributed by atoms with van der Waals surface area (Å²) < 4.78 is 14.0. The van der Waals surface area contributed by atoms with E-state index in [-0.39, 0.29) is 13.0 Å². The van der Waals surface area contributed by atoms with Gasteiger partial charge in [-0.3, -0.25) is 4.79 Å². The average Bonchev–Trinajstić information content (AvgIpc) is 2.41. The van der Waals surface area contributed by atoms with Crippen LogP contribution in [-0.2, 0) is 28.6 Å². The molecule has 20 heavy (non-hydrogen) atoms. The fourth-order valence-corrected chi connectivity index (χ4v) is 1.06. The van der Waals surface area contributed by atoms with Crippen LogP contribution in [0.1, 0.15) is 13.3 Å². The highest BCUT2D eigenvalue weighted by Crippen LogP contribution is 2.02. The normalized spacial score (nSPS) is 13.3. The van der Waals surface area contributed by atoms with Crippen LogP contribution in [0.2, 0.25) is 0 Å². The Morgan fingerprint density at radius 2 is 1.90 bits per heavy atom. The lowest BCUT2D eigenvalue weighted by molar-refractivity contribution is -0.171. The topological polar surface area (TPSA) is 145 Å². The number of primary amides is 1. The zero-order chi connectivity index (χ0) is 15.5. The molecule has 0 aliphatic rings. The van der Waals surface area contributed by atoms with E-state index in [4.69, 9.17) is 25.4 Å². The van der Waals surface area contributed by atoms with E-state index in [9.17, 15) is 14.4 Å². The Morgan fingerprint density at radius 1 is 1.25 bits per heavy atom. The maximum Gasteiger partial charge on any atom is 0.347 e. The Bertz CT molecular complexity index is 332. The Labute approximate surface area is 115 Å². The van der Waals surface area contributed by atoms with Gasteiger partial charge in [0.2, 0.25) is 0 Å². The molecule has 9 nitrogen and oxygen atoms in total. The summed E-state index contributed by atoms with van der Waals surface area (Å²) in [7, 11) is 0. The third-order valence-electron chi connectivity index (χ3n) is 2.00. The second-order valence-electron chi connectivity index (χ2n) is 3.81. The fourth-order valence-electron chi connectivity index (χ4n) is 1.06. The summed E-state index contributed by atoms with van der Waals surface area (Å²) in [5.74, 6) is -2.53. The van der Waals surface area contributed by atoms with Crippen LogP contribution in [0.15, 0.2) is 0 Å². The third-order valence-corrected chi connectivity index (χ3v) is 2.00. The summed E-state index contributed by atoms with van der Waals surface area (Å²) in [5.41, 5.74) is 4.80. The van der Waals surface area contributed by atoms with Crippen molar-refractivity contribution in [3.05, 3.63) is 0 Å². The quantitative estimate of drug-likeness (QED) is 0.381. The molecule has 2 atom stereocenters. The number of aliphatic hydroxyl groups excluding tert-OH is 2. The van der Waals surface area contributed by atoms with Crippen LogP contribution in [0.25, 0.3) is 0 Å². The summed E-state index contributed by atoms with van der Waals surface area (Å²) in [6.45, 7) is -0.233. The molecule has 0 rings (SSSR count). The van der Waals surface area contributed by atoms with Crippen molar-refractivity contribution in [3.63, 3.8) is 0 Å². The molecule has 0 aliphatic carbocycles. The molecule has 0 saturated heterocycles. The van der Waals surface area contributed by atoms with Crippen LogP contribution in [0.3, 0.4) is 0 Å². The lowest BCUT2D eigenvalue weighted by Gasteiger charge is -2.15. The van der Waals surface area contributed by atoms with E-state index in [1.54, 1.807) is 6.92 Å². The molecule has 4 N–H and O–H groups in total. The molecular weight excluding hydrogens is 274 g/mol. The Hall–Kier alpha value is -1.71. The van der Waals surface area contributed by atoms with E-state index in [1.807, 2.05) is 0 Å². The minimum atomic E-state index is -1.16. The molecule has 0 heterocycles. The summed E-state index contributed by atoms with van der Waals surface area (Å²) in [4.78, 5) is 33.2. The smallest absolute Gasteiger partial charge is 0.347 e. The number of hydrogen-bond acceptors (Lipinski definition) is 8. The van der Waals surface area contributed by atoms with E-state index in [0.29, 0.717) is 0 Å². The van der Waals surface area contributed by atoms with E-state index < -0.39 is 49.9 Å². The van der Waals surface area contributed by atoms with Gasteiger partial charge in [-0.15, -0.1) is 0 Å². The van der Waals surface area contributed by atoms with Gasteiger partial charge in [-0.1, -0.05) is 6.92 Å². The van der Waals surface area contributed by atoms with Crippen molar-refractivity contribution in [2.24, 2.45) is 5.73 Å². The van der Waals surface area contributed by atoms with Crippen molar-refractivity contribution in [3.8, 4) is 0 Å². The van der Waals surface area contributed by atoms with E-state index in [0.717, 1.165) is 0 Å². The lowest BCUT2D eigenvalue weighted by Crippen LogP contribution is -2.33. The molecular formula is C11H19NO8. The third kappa shape index (κ3) is 8.40. The van der Waals surface area contributed by atoms with Crippen molar-refractivity contribution < 1.29 is 38.8 Å². The standard InChI is InChI=1S/C11H19NO8/c1-2-8(11(17)19-5-9(12)15)20-10(16)6-18-4-7(14)3-13/h7-8,13-14H,2-6H2,1H3,(H2,12,15). The van der Waals surface area contributed by atoms with Gasteiger partial charge in [0.15, 0.2) is 12.7 Å². The number of nitrogens with two attached hydrogens (primary N) is 1. The molecule has 0 aromatic rings. The first-order valence-corrected chi connectivity index (χ1v) is 5.91. The second-order valence-corrected chi connectivity index (χ2v) is 3.81. The van der Waals surface area contributed by atoms with Gasteiger partial charge in [0.1, 0.15) is 12.7 Å². The zero-order valence-electron chi connectivity index (χ0n) is 11.1. The van der Waals surface area contributed by atoms with E-state index in [2.05, 4.69) is 4.74 Å². The monoisotopic (exact) mass is 293 g/mol. The van der Waals surface area contributed by atoms with Crippen LogP contribution in [-0.4, -0.2) is 66.7 Å². The molecule has 0 saturated carbocycles. The van der Waals surface area contributed by atoms with Crippen molar-refractivity contribution in [2.45, 2.75) is 25.6 Å². The zero-order valence-corrected chi connectivity index (χ0v) is 11.1. The first-order chi connectivity index (χ1) is 9.40. The van der Waals surface area contributed by atoms with Crippen molar-refractivity contribution in [1.82, 2.24) is 0 Å². The van der Waals surface area contributed by atoms with Crippen molar-refractivity contribution >= 4 is 17.8 Å². The van der Waals surface area contributed by atoms with Gasteiger partial charge in [-0.2, -0.15) is 0 Å². The highest BCUT2D eigenvalue weighted by Gasteiger charge is 2.23. The summed E-state index contributed by atoms with van der Waals surface area (Å²) in [6, 6.07) is 0. The van der Waals surface area contributed by atoms with Crippen LogP contribution in [0, 0.1) is 0 Å². The van der Waals surface area contributed by atoms with Crippen LogP contribution in [0.5, 0.6) is 0 Å². The first-order valence-electron chi connectivity index (χ1n) is 5.91. The first kappa shape index (κ1) is 18.3. The predicted octanol–water partition coefficient (Wildman–Crippen LogP) is -2.29. The number of carbonyl (C=O) groups excluding carboxylic acids is 3. The van der Waals surface area contributed by atoms with Crippen LogP contribution in [0.4, 0.5) is 0 Å². The lowest BCUT2D eigenvalue weighted by atomic mass is 10.3. The molecule has 0 aromatic carbocycles. The second kappa shape index (κ2) is 10.1. The SMILES string of the molecule is CCC(OC(=O)COCC(O)CO)C(=O)OCC(N)=O. The van der Waals surface area contributed by atoms with E-state index in [1.165, 1.54) is 0 Å². The number of esters is 2. The molecule has 0 aliphatic heterocycles. The number of ether oxygens (including phenoxy) is 3. The van der Waals surface area contributed by atoms with Gasteiger partial charge in [0.25, 0.3) is 5.91 Å². The molecule has 0 spiro atoms. The van der Waals surface area contributed by atoms with Crippen molar-refractivity contribution in [2.75, 3.05) is 26.4 Å². The van der Waals surface area contributed by atoms with Crippen LogP contribution < -0.4 is 5.73 Å². The summed E-state index contributed by atoms with van der Waals surface area (Å²) in [6.07, 6.45) is -2.10. The summed E-state index contributed by atoms with van der Waals surface area (Å²) >= 11 is 0. The molecule has 0 aromatic heterocycles. The van der Waals surface area contributed by atoms with E-state index >= 15 is 0 Å². The number of aliphatic hydroxyl groups is 2. The highest BCUT2D eigenvalue weighted by atomic mass is 16.6. The summed E-state index contributed by atoms with van der Waals surface area (Å²) in [5, 5.41) is 17.5.